The number of anilines is 3. The number of rotatable bonds is 4. The lowest BCUT2D eigenvalue weighted by Crippen LogP contribution is -2.18. The Morgan fingerprint density at radius 3 is 2.29 bits per heavy atom. The highest BCUT2D eigenvalue weighted by Gasteiger charge is 2.34. The Labute approximate surface area is 194 Å². The van der Waals surface area contributed by atoms with Crippen LogP contribution in [0, 0.1) is 11.6 Å². The normalized spacial score (nSPS) is 11.1. The first-order valence-corrected chi connectivity index (χ1v) is 9.70. The number of ether oxygens (including phenoxy) is 1. The summed E-state index contributed by atoms with van der Waals surface area (Å²) in [6, 6.07) is 7.77. The smallest absolute Gasteiger partial charge is 0.418 e. The third-order valence-electron chi connectivity index (χ3n) is 4.61. The Balaban J connectivity index is 1.92. The standard InChI is InChI=1S/C22H15ClF5N3O3/c1-34-21(33)31-19-5-3-11(7-15(19)22(26,27)28)30-20(32)14-9-17(25)13(8-16(14)23)12-4-2-10(24)6-18(12)29/h2-9H,29H2,1H3,(H,30,32)(H,31,33). The van der Waals surface area contributed by atoms with Crippen LogP contribution < -0.4 is 16.4 Å². The summed E-state index contributed by atoms with van der Waals surface area (Å²) in [6.07, 6.45) is -6.00. The third-order valence-corrected chi connectivity index (χ3v) is 4.92. The summed E-state index contributed by atoms with van der Waals surface area (Å²) < 4.78 is 72.5. The van der Waals surface area contributed by atoms with Crippen molar-refractivity contribution >= 4 is 40.7 Å². The SMILES string of the molecule is COC(=O)Nc1ccc(NC(=O)c2cc(F)c(-c3ccc(F)cc3N)cc2Cl)cc1C(F)(F)F. The number of hydrogen-bond acceptors (Lipinski definition) is 4. The number of methoxy groups -OCH3 is 1. The second kappa shape index (κ2) is 9.56. The maximum atomic E-state index is 14.7. The van der Waals surface area contributed by atoms with Crippen LogP contribution in [-0.2, 0) is 10.9 Å². The fraction of sp³-hybridized carbons (Fsp3) is 0.0909. The molecule has 0 heterocycles. The molecule has 2 amide bonds. The van der Waals surface area contributed by atoms with Gasteiger partial charge in [-0.2, -0.15) is 13.2 Å². The molecule has 178 valence electrons. The van der Waals surface area contributed by atoms with Gasteiger partial charge in [0.25, 0.3) is 5.91 Å². The van der Waals surface area contributed by atoms with E-state index in [4.69, 9.17) is 17.3 Å². The van der Waals surface area contributed by atoms with Crippen molar-refractivity contribution in [3.63, 3.8) is 0 Å². The van der Waals surface area contributed by atoms with E-state index in [1.807, 2.05) is 5.32 Å². The van der Waals surface area contributed by atoms with E-state index in [1.54, 1.807) is 0 Å². The Hall–Kier alpha value is -3.86. The van der Waals surface area contributed by atoms with Crippen LogP contribution in [0.4, 0.5) is 43.8 Å². The molecule has 0 spiro atoms. The largest absolute Gasteiger partial charge is 0.453 e. The zero-order valence-electron chi connectivity index (χ0n) is 17.2. The average Bonchev–Trinajstić information content (AvgIpc) is 2.75. The van der Waals surface area contributed by atoms with Gasteiger partial charge in [-0.05, 0) is 48.5 Å². The molecule has 0 unspecified atom stereocenters. The van der Waals surface area contributed by atoms with Crippen molar-refractivity contribution < 1.29 is 36.3 Å². The van der Waals surface area contributed by atoms with Crippen molar-refractivity contribution in [1.29, 1.82) is 0 Å². The molecule has 0 bridgehead atoms. The molecular weight excluding hydrogens is 485 g/mol. The van der Waals surface area contributed by atoms with Crippen LogP contribution in [0.1, 0.15) is 15.9 Å². The van der Waals surface area contributed by atoms with E-state index in [9.17, 15) is 31.5 Å². The van der Waals surface area contributed by atoms with Crippen LogP contribution >= 0.6 is 11.6 Å². The van der Waals surface area contributed by atoms with E-state index in [-0.39, 0.29) is 33.1 Å². The molecule has 3 aromatic carbocycles. The van der Waals surface area contributed by atoms with Crippen molar-refractivity contribution in [2.75, 3.05) is 23.5 Å². The number of carbonyl (C=O) groups is 2. The lowest BCUT2D eigenvalue weighted by molar-refractivity contribution is -0.136. The highest BCUT2D eigenvalue weighted by molar-refractivity contribution is 6.34. The number of halogens is 6. The number of nitrogens with two attached hydrogens (primary N) is 1. The van der Waals surface area contributed by atoms with Crippen molar-refractivity contribution in [2.24, 2.45) is 0 Å². The minimum absolute atomic E-state index is 0.0625. The van der Waals surface area contributed by atoms with Gasteiger partial charge < -0.3 is 15.8 Å². The molecule has 0 aliphatic heterocycles. The van der Waals surface area contributed by atoms with Crippen LogP contribution in [0.2, 0.25) is 5.02 Å². The maximum absolute atomic E-state index is 14.7. The summed E-state index contributed by atoms with van der Waals surface area (Å²) in [4.78, 5) is 23.9. The molecule has 12 heteroatoms. The Morgan fingerprint density at radius 2 is 1.68 bits per heavy atom. The van der Waals surface area contributed by atoms with E-state index < -0.39 is 41.1 Å². The molecule has 6 nitrogen and oxygen atoms in total. The molecule has 0 radical (unpaired) electrons. The van der Waals surface area contributed by atoms with Crippen LogP contribution in [-0.4, -0.2) is 19.1 Å². The van der Waals surface area contributed by atoms with Crippen LogP contribution in [0.3, 0.4) is 0 Å². The predicted molar refractivity (Wildman–Crippen MR) is 117 cm³/mol. The van der Waals surface area contributed by atoms with Gasteiger partial charge in [0, 0.05) is 22.5 Å². The molecule has 3 aromatic rings. The molecule has 0 aliphatic rings. The second-order valence-corrected chi connectivity index (χ2v) is 7.28. The highest BCUT2D eigenvalue weighted by atomic mass is 35.5. The molecule has 0 saturated carbocycles. The van der Waals surface area contributed by atoms with Crippen LogP contribution in [0.5, 0.6) is 0 Å². The summed E-state index contributed by atoms with van der Waals surface area (Å²) in [5.74, 6) is -2.54. The molecular formula is C22H15ClF5N3O3. The minimum atomic E-state index is -4.88. The molecule has 3 rings (SSSR count). The van der Waals surface area contributed by atoms with E-state index >= 15 is 0 Å². The number of hydrogen-bond donors (Lipinski definition) is 3. The van der Waals surface area contributed by atoms with Crippen molar-refractivity contribution in [3.05, 3.63) is 76.3 Å². The number of nitrogen functional groups attached to an aromatic ring is 1. The fourth-order valence-corrected chi connectivity index (χ4v) is 3.28. The van der Waals surface area contributed by atoms with Crippen LogP contribution in [0.15, 0.2) is 48.5 Å². The second-order valence-electron chi connectivity index (χ2n) is 6.87. The maximum Gasteiger partial charge on any atom is 0.418 e. The number of nitrogens with one attached hydrogen (secondary N) is 2. The molecule has 0 aliphatic carbocycles. The van der Waals surface area contributed by atoms with E-state index in [1.165, 1.54) is 6.07 Å². The van der Waals surface area contributed by atoms with Gasteiger partial charge in [0.15, 0.2) is 0 Å². The van der Waals surface area contributed by atoms with Crippen molar-refractivity contribution in [1.82, 2.24) is 0 Å². The van der Waals surface area contributed by atoms with Gasteiger partial charge in [-0.25, -0.2) is 13.6 Å². The van der Waals surface area contributed by atoms with Gasteiger partial charge in [-0.3, -0.25) is 10.1 Å². The number of alkyl halides is 3. The summed E-state index contributed by atoms with van der Waals surface area (Å²) in [5.41, 5.74) is 3.18. The minimum Gasteiger partial charge on any atom is -0.453 e. The van der Waals surface area contributed by atoms with Crippen LogP contribution in [0.25, 0.3) is 11.1 Å². The van der Waals surface area contributed by atoms with E-state index in [2.05, 4.69) is 10.1 Å². The van der Waals surface area contributed by atoms with Gasteiger partial charge in [0.2, 0.25) is 0 Å². The number of benzene rings is 3. The molecule has 4 N–H and O–H groups in total. The van der Waals surface area contributed by atoms with Gasteiger partial charge in [0.1, 0.15) is 11.6 Å². The zero-order chi connectivity index (χ0) is 25.2. The Kier molecular flexibility index (Phi) is 6.96. The van der Waals surface area contributed by atoms with Gasteiger partial charge >= 0.3 is 12.3 Å². The Bertz CT molecular complexity index is 1280. The quantitative estimate of drug-likeness (QED) is 0.289. The molecule has 0 atom stereocenters. The van der Waals surface area contributed by atoms with Gasteiger partial charge in [-0.1, -0.05) is 11.6 Å². The first-order chi connectivity index (χ1) is 15.9. The molecule has 0 aromatic heterocycles. The zero-order valence-corrected chi connectivity index (χ0v) is 17.9. The average molecular weight is 500 g/mol. The number of amides is 2. The summed E-state index contributed by atoms with van der Waals surface area (Å²) in [5, 5.41) is 3.91. The van der Waals surface area contributed by atoms with Gasteiger partial charge in [0.05, 0.1) is 28.9 Å². The highest BCUT2D eigenvalue weighted by Crippen LogP contribution is 2.37. The van der Waals surface area contributed by atoms with E-state index in [0.29, 0.717) is 6.07 Å². The lowest BCUT2D eigenvalue weighted by atomic mass is 10.0. The van der Waals surface area contributed by atoms with E-state index in [0.717, 1.165) is 43.5 Å². The first-order valence-electron chi connectivity index (χ1n) is 9.32. The molecule has 34 heavy (non-hydrogen) atoms. The fourth-order valence-electron chi connectivity index (χ4n) is 3.03. The lowest BCUT2D eigenvalue weighted by Gasteiger charge is -2.16. The van der Waals surface area contributed by atoms with Crippen molar-refractivity contribution in [3.8, 4) is 11.1 Å². The molecule has 0 fully saturated rings. The Morgan fingerprint density at radius 1 is 0.971 bits per heavy atom. The molecule has 0 saturated heterocycles. The third kappa shape index (κ3) is 5.37. The summed E-state index contributed by atoms with van der Waals surface area (Å²) in [6.45, 7) is 0. The summed E-state index contributed by atoms with van der Waals surface area (Å²) >= 11 is 6.11. The monoisotopic (exact) mass is 499 g/mol. The summed E-state index contributed by atoms with van der Waals surface area (Å²) in [7, 11) is 0.982. The number of carbonyl (C=O) groups excluding carboxylic acids is 2. The first kappa shape index (κ1) is 24.8. The van der Waals surface area contributed by atoms with Gasteiger partial charge in [-0.15, -0.1) is 0 Å². The topological polar surface area (TPSA) is 93.5 Å². The van der Waals surface area contributed by atoms with Crippen molar-refractivity contribution in [2.45, 2.75) is 6.18 Å². The predicted octanol–water partition coefficient (Wildman–Crippen LogP) is 6.32.